The predicted octanol–water partition coefficient (Wildman–Crippen LogP) is 1.56. The number of carbonyl (C=O) groups excluding carboxylic acids is 4. The maximum atomic E-state index is 12.7. The van der Waals surface area contributed by atoms with Crippen molar-refractivity contribution in [3.05, 3.63) is 29.3 Å². The van der Waals surface area contributed by atoms with E-state index in [1.165, 1.54) is 4.90 Å². The fourth-order valence-electron chi connectivity index (χ4n) is 3.79. The lowest BCUT2D eigenvalue weighted by Crippen LogP contribution is -2.63. The summed E-state index contributed by atoms with van der Waals surface area (Å²) in [5, 5.41) is -0.228. The van der Waals surface area contributed by atoms with Gasteiger partial charge in [0.2, 0.25) is 17.7 Å². The Morgan fingerprint density at radius 3 is 2.41 bits per heavy atom. The minimum Gasteiger partial charge on any atom is -0.338 e. The van der Waals surface area contributed by atoms with Crippen molar-refractivity contribution >= 4 is 40.4 Å². The fourth-order valence-corrected chi connectivity index (χ4v) is 4.57. The number of amides is 4. The van der Waals surface area contributed by atoms with Crippen LogP contribution in [0.1, 0.15) is 17.5 Å². The Hall–Kier alpha value is -2.35. The molecule has 7 nitrogen and oxygen atoms in total. The van der Waals surface area contributed by atoms with E-state index >= 15 is 0 Å². The second kappa shape index (κ2) is 6.67. The van der Waals surface area contributed by atoms with Gasteiger partial charge >= 0.3 is 0 Å². The number of aryl methyl sites for hydroxylation is 2. The molecule has 3 aliphatic heterocycles. The Morgan fingerprint density at radius 2 is 1.78 bits per heavy atom. The zero-order chi connectivity index (χ0) is 19.3. The number of hydrogen-bond donors (Lipinski definition) is 0. The van der Waals surface area contributed by atoms with Gasteiger partial charge in [-0.15, -0.1) is 0 Å². The summed E-state index contributed by atoms with van der Waals surface area (Å²) in [6, 6.07) is 5.64. The van der Waals surface area contributed by atoms with Gasteiger partial charge in [-0.1, -0.05) is 17.8 Å². The van der Waals surface area contributed by atoms with Gasteiger partial charge in [-0.25, -0.2) is 0 Å². The minimum absolute atomic E-state index is 0.0463. The number of anilines is 1. The SMILES string of the molecule is Cc1ccc(N2C[C@H](C(=O)N3CC(N4C(=O)CSC4=O)C3)CC2=O)cc1C. The van der Waals surface area contributed by atoms with Crippen LogP contribution in [0.3, 0.4) is 0 Å². The lowest BCUT2D eigenvalue weighted by atomic mass is 10.0. The van der Waals surface area contributed by atoms with E-state index < -0.39 is 0 Å². The summed E-state index contributed by atoms with van der Waals surface area (Å²) in [4.78, 5) is 53.3. The molecular formula is C19H21N3O4S. The van der Waals surface area contributed by atoms with E-state index in [2.05, 4.69) is 0 Å². The highest BCUT2D eigenvalue weighted by atomic mass is 32.2. The molecule has 1 aromatic rings. The van der Waals surface area contributed by atoms with Crippen LogP contribution < -0.4 is 4.90 Å². The average Bonchev–Trinajstić information content (AvgIpc) is 3.13. The third kappa shape index (κ3) is 3.12. The van der Waals surface area contributed by atoms with Crippen LogP contribution in [0, 0.1) is 19.8 Å². The molecule has 4 rings (SSSR count). The summed E-state index contributed by atoms with van der Waals surface area (Å²) < 4.78 is 0. The Labute approximate surface area is 161 Å². The van der Waals surface area contributed by atoms with E-state index in [0.29, 0.717) is 19.6 Å². The lowest BCUT2D eigenvalue weighted by molar-refractivity contribution is -0.145. The molecule has 0 bridgehead atoms. The number of rotatable bonds is 3. The maximum Gasteiger partial charge on any atom is 0.289 e. The first-order chi connectivity index (χ1) is 12.8. The van der Waals surface area contributed by atoms with Crippen molar-refractivity contribution in [3.63, 3.8) is 0 Å². The standard InChI is InChI=1S/C19H21N3O4S/c1-11-3-4-14(5-12(11)2)21-7-13(6-16(21)23)18(25)20-8-15(9-20)22-17(24)10-27-19(22)26/h3-5,13,15H,6-10H2,1-2H3/t13-/m1/s1. The van der Waals surface area contributed by atoms with Crippen molar-refractivity contribution in [1.82, 2.24) is 9.80 Å². The Kier molecular flexibility index (Phi) is 4.46. The van der Waals surface area contributed by atoms with Crippen LogP contribution in [-0.4, -0.2) is 64.2 Å². The first kappa shape index (κ1) is 18.0. The second-order valence-corrected chi connectivity index (χ2v) is 8.32. The number of nitrogens with zero attached hydrogens (tertiary/aromatic N) is 3. The molecule has 142 valence electrons. The van der Waals surface area contributed by atoms with E-state index in [9.17, 15) is 19.2 Å². The van der Waals surface area contributed by atoms with E-state index in [0.717, 1.165) is 28.6 Å². The Bertz CT molecular complexity index is 833. The van der Waals surface area contributed by atoms with Gasteiger partial charge in [-0.05, 0) is 37.1 Å². The van der Waals surface area contributed by atoms with Gasteiger partial charge in [0.15, 0.2) is 0 Å². The molecule has 8 heteroatoms. The minimum atomic E-state index is -0.376. The van der Waals surface area contributed by atoms with Crippen molar-refractivity contribution in [1.29, 1.82) is 0 Å². The molecular weight excluding hydrogens is 366 g/mol. The molecule has 3 heterocycles. The van der Waals surface area contributed by atoms with Crippen LogP contribution in [0.5, 0.6) is 0 Å². The van der Waals surface area contributed by atoms with Crippen molar-refractivity contribution in [3.8, 4) is 0 Å². The smallest absolute Gasteiger partial charge is 0.289 e. The monoisotopic (exact) mass is 387 g/mol. The van der Waals surface area contributed by atoms with Gasteiger partial charge in [-0.2, -0.15) is 0 Å². The molecule has 0 unspecified atom stereocenters. The lowest BCUT2D eigenvalue weighted by Gasteiger charge is -2.43. The van der Waals surface area contributed by atoms with E-state index in [-0.39, 0.29) is 47.1 Å². The van der Waals surface area contributed by atoms with Crippen molar-refractivity contribution < 1.29 is 19.2 Å². The van der Waals surface area contributed by atoms with E-state index in [1.54, 1.807) is 9.80 Å². The topological polar surface area (TPSA) is 78.0 Å². The molecule has 3 saturated heterocycles. The Morgan fingerprint density at radius 1 is 1.04 bits per heavy atom. The molecule has 0 saturated carbocycles. The summed E-state index contributed by atoms with van der Waals surface area (Å²) in [7, 11) is 0. The molecule has 0 aromatic heterocycles. The van der Waals surface area contributed by atoms with Crippen LogP contribution in [0.2, 0.25) is 0 Å². The van der Waals surface area contributed by atoms with Crippen LogP contribution in [0.15, 0.2) is 18.2 Å². The van der Waals surface area contributed by atoms with E-state index in [4.69, 9.17) is 0 Å². The molecule has 0 radical (unpaired) electrons. The third-order valence-electron chi connectivity index (χ3n) is 5.60. The van der Waals surface area contributed by atoms with Gasteiger partial charge < -0.3 is 9.80 Å². The number of benzene rings is 1. The zero-order valence-corrected chi connectivity index (χ0v) is 16.1. The highest BCUT2D eigenvalue weighted by Gasteiger charge is 2.46. The van der Waals surface area contributed by atoms with Crippen LogP contribution in [0.4, 0.5) is 10.5 Å². The first-order valence-electron chi connectivity index (χ1n) is 9.00. The quantitative estimate of drug-likeness (QED) is 0.787. The summed E-state index contributed by atoms with van der Waals surface area (Å²) in [6.07, 6.45) is 0.199. The van der Waals surface area contributed by atoms with Gasteiger partial charge in [0.25, 0.3) is 5.24 Å². The maximum absolute atomic E-state index is 12.7. The average molecular weight is 387 g/mol. The largest absolute Gasteiger partial charge is 0.338 e. The first-order valence-corrected chi connectivity index (χ1v) is 9.99. The third-order valence-corrected chi connectivity index (χ3v) is 6.43. The highest BCUT2D eigenvalue weighted by molar-refractivity contribution is 8.14. The van der Waals surface area contributed by atoms with E-state index in [1.807, 2.05) is 32.0 Å². The van der Waals surface area contributed by atoms with Crippen molar-refractivity contribution in [2.24, 2.45) is 5.92 Å². The summed E-state index contributed by atoms with van der Waals surface area (Å²) in [5.41, 5.74) is 3.09. The number of thioether (sulfide) groups is 1. The molecule has 27 heavy (non-hydrogen) atoms. The predicted molar refractivity (Wildman–Crippen MR) is 101 cm³/mol. The molecule has 1 aromatic carbocycles. The zero-order valence-electron chi connectivity index (χ0n) is 15.3. The summed E-state index contributed by atoms with van der Waals surface area (Å²) in [5.74, 6) is -0.489. The highest BCUT2D eigenvalue weighted by Crippen LogP contribution is 2.31. The molecule has 0 aliphatic carbocycles. The molecule has 0 N–H and O–H groups in total. The number of likely N-dealkylation sites (tertiary alicyclic amines) is 1. The Balaban J connectivity index is 1.38. The van der Waals surface area contributed by atoms with Gasteiger partial charge in [-0.3, -0.25) is 24.1 Å². The number of carbonyl (C=O) groups is 4. The van der Waals surface area contributed by atoms with Crippen LogP contribution in [0.25, 0.3) is 0 Å². The molecule has 3 aliphatic rings. The molecule has 3 fully saturated rings. The second-order valence-electron chi connectivity index (χ2n) is 7.39. The van der Waals surface area contributed by atoms with Gasteiger partial charge in [0.05, 0.1) is 17.7 Å². The van der Waals surface area contributed by atoms with Crippen molar-refractivity contribution in [2.75, 3.05) is 30.3 Å². The fraction of sp³-hybridized carbons (Fsp3) is 0.474. The molecule has 0 spiro atoms. The normalized spacial score (nSPS) is 23.4. The summed E-state index contributed by atoms with van der Waals surface area (Å²) >= 11 is 1.01. The van der Waals surface area contributed by atoms with Crippen LogP contribution >= 0.6 is 11.8 Å². The summed E-state index contributed by atoms with van der Waals surface area (Å²) in [6.45, 7) is 5.13. The van der Waals surface area contributed by atoms with Crippen LogP contribution in [-0.2, 0) is 14.4 Å². The van der Waals surface area contributed by atoms with Gasteiger partial charge in [0.1, 0.15) is 0 Å². The number of imide groups is 1. The number of hydrogen-bond acceptors (Lipinski definition) is 5. The van der Waals surface area contributed by atoms with Gasteiger partial charge in [0, 0.05) is 31.7 Å². The molecule has 1 atom stereocenters. The molecule has 4 amide bonds. The van der Waals surface area contributed by atoms with Crippen molar-refractivity contribution in [2.45, 2.75) is 26.3 Å².